The first-order valence-corrected chi connectivity index (χ1v) is 42.4. The number of carbonyl (C=O) groups excluding carboxylic acids is 4. The van der Waals surface area contributed by atoms with Crippen molar-refractivity contribution in [2.75, 3.05) is 39.6 Å². The summed E-state index contributed by atoms with van der Waals surface area (Å²) in [5.74, 6) is -2.36. The van der Waals surface area contributed by atoms with E-state index in [-0.39, 0.29) is 25.7 Å². The Morgan fingerprint density at radius 3 is 0.853 bits per heavy atom. The summed E-state index contributed by atoms with van der Waals surface area (Å²) >= 11 is 0. The van der Waals surface area contributed by atoms with Crippen molar-refractivity contribution in [1.82, 2.24) is 0 Å². The van der Waals surface area contributed by atoms with Crippen molar-refractivity contribution < 1.29 is 80.2 Å². The molecule has 102 heavy (non-hydrogen) atoms. The van der Waals surface area contributed by atoms with Gasteiger partial charge in [0.25, 0.3) is 0 Å². The predicted molar refractivity (Wildman–Crippen MR) is 418 cm³/mol. The van der Waals surface area contributed by atoms with Gasteiger partial charge in [0.1, 0.15) is 19.3 Å². The number of hydrogen-bond acceptors (Lipinski definition) is 15. The molecule has 19 heteroatoms. The van der Waals surface area contributed by atoms with E-state index in [4.69, 9.17) is 37.0 Å². The van der Waals surface area contributed by atoms with E-state index in [2.05, 4.69) is 131 Å². The molecule has 0 aromatic heterocycles. The summed E-state index contributed by atoms with van der Waals surface area (Å²) in [6.45, 7) is 4.62. The van der Waals surface area contributed by atoms with Crippen molar-refractivity contribution in [3.8, 4) is 0 Å². The molecule has 2 unspecified atom stereocenters. The number of phosphoric ester groups is 2. The number of aliphatic hydroxyl groups is 1. The van der Waals surface area contributed by atoms with E-state index in [0.29, 0.717) is 38.5 Å². The van der Waals surface area contributed by atoms with Crippen LogP contribution in [0.25, 0.3) is 0 Å². The second-order valence-electron chi connectivity index (χ2n) is 25.9. The lowest BCUT2D eigenvalue weighted by Crippen LogP contribution is -2.30. The van der Waals surface area contributed by atoms with Gasteiger partial charge in [-0.2, -0.15) is 0 Å². The van der Waals surface area contributed by atoms with Gasteiger partial charge in [-0.15, -0.1) is 0 Å². The van der Waals surface area contributed by atoms with E-state index < -0.39 is 97.5 Å². The molecule has 5 atom stereocenters. The van der Waals surface area contributed by atoms with Crippen molar-refractivity contribution in [3.63, 3.8) is 0 Å². The molecule has 3 N–H and O–H groups in total. The van der Waals surface area contributed by atoms with E-state index in [1.54, 1.807) is 0 Å². The lowest BCUT2D eigenvalue weighted by molar-refractivity contribution is -0.161. The highest BCUT2D eigenvalue weighted by Gasteiger charge is 2.30. The van der Waals surface area contributed by atoms with Crippen LogP contribution in [0, 0.1) is 0 Å². The van der Waals surface area contributed by atoms with Gasteiger partial charge >= 0.3 is 39.5 Å². The Kier molecular flexibility index (Phi) is 71.0. The lowest BCUT2D eigenvalue weighted by Gasteiger charge is -2.21. The maximum atomic E-state index is 13.1. The summed E-state index contributed by atoms with van der Waals surface area (Å²) in [5, 5.41) is 10.6. The fraction of sp³-hybridized carbons (Fsp3) is 0.687. The van der Waals surface area contributed by atoms with Crippen LogP contribution < -0.4 is 0 Å². The quantitative estimate of drug-likeness (QED) is 0.0169. The summed E-state index contributed by atoms with van der Waals surface area (Å²) in [6, 6.07) is 0. The Balaban J connectivity index is 5.49. The Morgan fingerprint density at radius 1 is 0.275 bits per heavy atom. The highest BCUT2D eigenvalue weighted by Crippen LogP contribution is 2.45. The molecule has 0 bridgehead atoms. The van der Waals surface area contributed by atoms with Crippen molar-refractivity contribution in [1.29, 1.82) is 0 Å². The minimum atomic E-state index is -5.00. The number of rotatable bonds is 73. The zero-order valence-electron chi connectivity index (χ0n) is 63.7. The Morgan fingerprint density at radius 2 is 0.510 bits per heavy atom. The van der Waals surface area contributed by atoms with Crippen LogP contribution in [0.4, 0.5) is 0 Å². The molecule has 0 aromatic carbocycles. The molecule has 0 radical (unpaired) electrons. The smallest absolute Gasteiger partial charge is 0.462 e. The van der Waals surface area contributed by atoms with Gasteiger partial charge in [-0.05, 0) is 154 Å². The van der Waals surface area contributed by atoms with Gasteiger partial charge < -0.3 is 33.8 Å². The molecule has 0 aliphatic carbocycles. The molecule has 584 valence electrons. The van der Waals surface area contributed by atoms with Crippen molar-refractivity contribution in [2.24, 2.45) is 0 Å². The van der Waals surface area contributed by atoms with Crippen LogP contribution >= 0.6 is 15.6 Å². The third kappa shape index (κ3) is 73.5. The van der Waals surface area contributed by atoms with Crippen LogP contribution in [0.5, 0.6) is 0 Å². The first-order valence-electron chi connectivity index (χ1n) is 39.4. The van der Waals surface area contributed by atoms with Crippen molar-refractivity contribution in [2.45, 2.75) is 329 Å². The standard InChI is InChI=1S/C83H140O17P2/c1-5-9-13-17-21-25-29-33-35-37-38-40-42-46-50-54-58-62-66-70-83(88)100-79(74-94-81(86)68-64-60-56-52-48-44-32-28-24-20-16-12-8-4)76-98-102(91,92)96-72-77(84)71-95-101(89,90)97-75-78(73-93-80(85)67-63-59-55-51-47-43-31-27-23-19-15-11-7-3)99-82(87)69-65-61-57-53-49-45-41-39-36-34-30-26-22-18-14-10-6-2/h21-22,25-28,31-36,38,40-41,45-46,50,53,57-58,62,77-79,84H,5-20,23-24,29-30,37,39,42-44,47-49,51-52,54-56,59-61,63-76H2,1-4H3,(H,89,90)(H,91,92)/b25-21-,26-22-,31-27-,32-28-,35-33-,36-34-,40-38-,45-41-,50-46-,57-53-,62-58-/t77-,78+,79+/m0/s1. The number of allylic oxidation sites excluding steroid dienone is 22. The normalized spacial score (nSPS) is 14.6. The fourth-order valence-corrected chi connectivity index (χ4v) is 11.6. The van der Waals surface area contributed by atoms with Gasteiger partial charge in [-0.1, -0.05) is 264 Å². The van der Waals surface area contributed by atoms with Crippen LogP contribution in [0.15, 0.2) is 134 Å². The first-order chi connectivity index (χ1) is 49.7. The average molecular weight is 1470 g/mol. The minimum Gasteiger partial charge on any atom is -0.462 e. The first kappa shape index (κ1) is 97.2. The molecule has 0 aromatic rings. The number of carbonyl (C=O) groups is 4. The van der Waals surface area contributed by atoms with Crippen LogP contribution in [-0.4, -0.2) is 96.7 Å². The molecular formula is C83H140O17P2. The zero-order chi connectivity index (χ0) is 74.6. The van der Waals surface area contributed by atoms with Gasteiger partial charge in [-0.3, -0.25) is 37.3 Å². The predicted octanol–water partition coefficient (Wildman–Crippen LogP) is 22.9. The number of phosphoric acid groups is 2. The molecule has 0 rings (SSSR count). The summed E-state index contributed by atoms with van der Waals surface area (Å²) in [7, 11) is -10.0. The van der Waals surface area contributed by atoms with Crippen molar-refractivity contribution >= 4 is 39.5 Å². The highest BCUT2D eigenvalue weighted by atomic mass is 31.2. The molecule has 0 spiro atoms. The van der Waals surface area contributed by atoms with Crippen molar-refractivity contribution in [3.05, 3.63) is 134 Å². The third-order valence-electron chi connectivity index (χ3n) is 16.1. The Labute approximate surface area is 618 Å². The molecule has 0 fully saturated rings. The van der Waals surface area contributed by atoms with Gasteiger partial charge in [-0.25, -0.2) is 9.13 Å². The molecule has 0 heterocycles. The largest absolute Gasteiger partial charge is 0.472 e. The lowest BCUT2D eigenvalue weighted by atomic mass is 10.1. The topological polar surface area (TPSA) is 237 Å². The third-order valence-corrected chi connectivity index (χ3v) is 18.0. The van der Waals surface area contributed by atoms with Gasteiger partial charge in [0.05, 0.1) is 26.4 Å². The monoisotopic (exact) mass is 1470 g/mol. The summed E-state index contributed by atoms with van der Waals surface area (Å²) in [5.41, 5.74) is 0. The molecule has 0 saturated heterocycles. The maximum absolute atomic E-state index is 13.1. The summed E-state index contributed by atoms with van der Waals surface area (Å²) in [6.07, 6.45) is 83.2. The van der Waals surface area contributed by atoms with E-state index >= 15 is 0 Å². The van der Waals surface area contributed by atoms with Crippen LogP contribution in [0.3, 0.4) is 0 Å². The maximum Gasteiger partial charge on any atom is 0.472 e. The number of hydrogen-bond donors (Lipinski definition) is 3. The van der Waals surface area contributed by atoms with E-state index in [9.17, 15) is 43.2 Å². The molecule has 0 amide bonds. The van der Waals surface area contributed by atoms with E-state index in [1.807, 2.05) is 30.4 Å². The summed E-state index contributed by atoms with van der Waals surface area (Å²) in [4.78, 5) is 72.9. The van der Waals surface area contributed by atoms with Crippen LogP contribution in [0.2, 0.25) is 0 Å². The minimum absolute atomic E-state index is 0.0130. The second-order valence-corrected chi connectivity index (χ2v) is 28.8. The molecule has 17 nitrogen and oxygen atoms in total. The fourth-order valence-electron chi connectivity index (χ4n) is 10.0. The Hall–Kier alpha value is -4.80. The van der Waals surface area contributed by atoms with Crippen LogP contribution in [0.1, 0.15) is 310 Å². The van der Waals surface area contributed by atoms with Gasteiger partial charge in [0.2, 0.25) is 0 Å². The number of ether oxygens (including phenoxy) is 4. The molecular weight excluding hydrogens is 1330 g/mol. The SMILES string of the molecule is CCCCC/C=C\C/C=C\C/C=C\C/C=C\C/C=C\CCC(=O)O[C@H](COC(=O)CCCCCCC/C=C\CCCCCC)COP(=O)(O)OC[C@@H](O)COP(=O)(O)OC[C@@H](COC(=O)CCCCCCC/C=C\CCCCCC)OC(=O)CCC/C=C\C/C=C\C/C=C\C/C=C\CCCCC. The second kappa shape index (κ2) is 74.5. The zero-order valence-corrected chi connectivity index (χ0v) is 65.5. The number of aliphatic hydroxyl groups excluding tert-OH is 1. The van der Waals surface area contributed by atoms with Gasteiger partial charge in [0, 0.05) is 25.7 Å². The number of esters is 4. The summed E-state index contributed by atoms with van der Waals surface area (Å²) < 4.78 is 68.4. The van der Waals surface area contributed by atoms with E-state index in [0.717, 1.165) is 128 Å². The van der Waals surface area contributed by atoms with E-state index in [1.165, 1.54) is 89.9 Å². The molecule has 0 aliphatic heterocycles. The molecule has 0 aliphatic rings. The average Bonchev–Trinajstić information content (AvgIpc) is 1.04. The highest BCUT2D eigenvalue weighted by molar-refractivity contribution is 7.47. The van der Waals surface area contributed by atoms with Gasteiger partial charge in [0.15, 0.2) is 12.2 Å². The number of unbranched alkanes of at least 4 members (excludes halogenated alkanes) is 25. The molecule has 0 saturated carbocycles. The van der Waals surface area contributed by atoms with Crippen LogP contribution in [-0.2, 0) is 65.4 Å². The Bertz CT molecular complexity index is 2460.